The van der Waals surface area contributed by atoms with Crippen molar-refractivity contribution in [1.29, 1.82) is 0 Å². The Labute approximate surface area is 166 Å². The average molecular weight is 383 g/mol. The van der Waals surface area contributed by atoms with Gasteiger partial charge in [0.1, 0.15) is 17.5 Å². The lowest BCUT2D eigenvalue weighted by molar-refractivity contribution is -0.144. The van der Waals surface area contributed by atoms with Crippen LogP contribution in [0.4, 0.5) is 0 Å². The van der Waals surface area contributed by atoms with Crippen molar-refractivity contribution in [2.45, 2.75) is 45.6 Å². The molecule has 1 aliphatic heterocycles. The highest BCUT2D eigenvalue weighted by atomic mass is 16.5. The highest BCUT2D eigenvalue weighted by molar-refractivity contribution is 5.88. The number of hydrogen-bond donors (Lipinski definition) is 0. The molecule has 1 aliphatic rings. The molecular formula is C22H29N3O3. The number of aryl methyl sites for hydroxylation is 1. The third kappa shape index (κ3) is 4.61. The monoisotopic (exact) mass is 383 g/mol. The summed E-state index contributed by atoms with van der Waals surface area (Å²) in [5.74, 6) is 0.842. The Hall–Kier alpha value is -2.63. The second-order valence-electron chi connectivity index (χ2n) is 7.75. The zero-order chi connectivity index (χ0) is 20.1. The molecule has 1 atom stereocenters. The molecule has 0 N–H and O–H groups in total. The van der Waals surface area contributed by atoms with E-state index in [2.05, 4.69) is 5.16 Å². The topological polar surface area (TPSA) is 66.7 Å². The van der Waals surface area contributed by atoms with Gasteiger partial charge in [0.05, 0.1) is 0 Å². The standard InChI is InChI=1S/C22H29N3O3/c1-16(2)21(26)25-14-8-12-20(25)22(27)24(3)13-7-11-18-15-19(23-28-18)17-9-5-4-6-10-17/h4-6,9-10,15-16,20H,7-8,11-14H2,1-3H3. The zero-order valence-electron chi connectivity index (χ0n) is 16.9. The van der Waals surface area contributed by atoms with Gasteiger partial charge in [0.2, 0.25) is 11.8 Å². The van der Waals surface area contributed by atoms with Crippen LogP contribution in [-0.2, 0) is 16.0 Å². The molecule has 2 heterocycles. The number of benzene rings is 1. The number of rotatable bonds is 7. The minimum absolute atomic E-state index is 0.0362. The van der Waals surface area contributed by atoms with Crippen LogP contribution in [0.2, 0.25) is 0 Å². The van der Waals surface area contributed by atoms with Gasteiger partial charge in [-0.25, -0.2) is 0 Å². The highest BCUT2D eigenvalue weighted by Gasteiger charge is 2.36. The van der Waals surface area contributed by atoms with Gasteiger partial charge < -0.3 is 14.3 Å². The lowest BCUT2D eigenvalue weighted by Gasteiger charge is -2.29. The molecule has 3 rings (SSSR count). The summed E-state index contributed by atoms with van der Waals surface area (Å²) in [5, 5.41) is 4.13. The molecule has 0 bridgehead atoms. The number of nitrogens with zero attached hydrogens (tertiary/aromatic N) is 3. The predicted octanol–water partition coefficient (Wildman–Crippen LogP) is 3.38. The fraction of sp³-hybridized carbons (Fsp3) is 0.500. The summed E-state index contributed by atoms with van der Waals surface area (Å²) in [5.41, 5.74) is 1.86. The molecular weight excluding hydrogens is 354 g/mol. The van der Waals surface area contributed by atoms with Crippen LogP contribution in [0, 0.1) is 5.92 Å². The fourth-order valence-corrected chi connectivity index (χ4v) is 3.65. The molecule has 2 amide bonds. The van der Waals surface area contributed by atoms with Crippen molar-refractivity contribution in [3.05, 3.63) is 42.2 Å². The van der Waals surface area contributed by atoms with E-state index in [0.29, 0.717) is 13.1 Å². The van der Waals surface area contributed by atoms with E-state index in [9.17, 15) is 9.59 Å². The smallest absolute Gasteiger partial charge is 0.245 e. The van der Waals surface area contributed by atoms with Crippen molar-refractivity contribution in [3.8, 4) is 11.3 Å². The van der Waals surface area contributed by atoms with Crippen LogP contribution in [0.3, 0.4) is 0 Å². The van der Waals surface area contributed by atoms with E-state index >= 15 is 0 Å². The molecule has 28 heavy (non-hydrogen) atoms. The summed E-state index contributed by atoms with van der Waals surface area (Å²) in [6.45, 7) is 5.07. The number of amides is 2. The van der Waals surface area contributed by atoms with Crippen LogP contribution >= 0.6 is 0 Å². The van der Waals surface area contributed by atoms with Crippen molar-refractivity contribution < 1.29 is 14.1 Å². The van der Waals surface area contributed by atoms with Crippen LogP contribution < -0.4 is 0 Å². The van der Waals surface area contributed by atoms with E-state index < -0.39 is 0 Å². The minimum atomic E-state index is -0.310. The summed E-state index contributed by atoms with van der Waals surface area (Å²) in [7, 11) is 1.81. The van der Waals surface area contributed by atoms with Gasteiger partial charge in [-0.15, -0.1) is 0 Å². The van der Waals surface area contributed by atoms with E-state index in [1.165, 1.54) is 0 Å². The molecule has 0 radical (unpaired) electrons. The third-order valence-electron chi connectivity index (χ3n) is 5.24. The van der Waals surface area contributed by atoms with E-state index in [1.54, 1.807) is 9.80 Å². The van der Waals surface area contributed by atoms with Crippen LogP contribution in [0.5, 0.6) is 0 Å². The number of aromatic nitrogens is 1. The second kappa shape index (κ2) is 9.04. The number of hydrogen-bond acceptors (Lipinski definition) is 4. The first-order valence-corrected chi connectivity index (χ1v) is 10.0. The molecule has 1 fully saturated rings. The van der Waals surface area contributed by atoms with Crippen molar-refractivity contribution in [1.82, 2.24) is 15.0 Å². The van der Waals surface area contributed by atoms with Gasteiger partial charge in [0.25, 0.3) is 0 Å². The Bertz CT molecular complexity index is 800. The van der Waals surface area contributed by atoms with Crippen LogP contribution in [0.1, 0.15) is 38.9 Å². The Kier molecular flexibility index (Phi) is 6.49. The Morgan fingerprint density at radius 3 is 2.75 bits per heavy atom. The van der Waals surface area contributed by atoms with E-state index in [-0.39, 0.29) is 23.8 Å². The van der Waals surface area contributed by atoms with E-state index in [1.807, 2.05) is 57.3 Å². The van der Waals surface area contributed by atoms with Gasteiger partial charge in [-0.05, 0) is 19.3 Å². The molecule has 0 saturated carbocycles. The number of likely N-dealkylation sites (tertiary alicyclic amines) is 1. The SMILES string of the molecule is CC(C)C(=O)N1CCCC1C(=O)N(C)CCCc1cc(-c2ccccc2)no1. The van der Waals surface area contributed by atoms with Crippen molar-refractivity contribution in [3.63, 3.8) is 0 Å². The van der Waals surface area contributed by atoms with Gasteiger partial charge >= 0.3 is 0 Å². The predicted molar refractivity (Wildman–Crippen MR) is 107 cm³/mol. The number of carbonyl (C=O) groups excluding carboxylic acids is 2. The van der Waals surface area contributed by atoms with Gasteiger partial charge in [-0.3, -0.25) is 9.59 Å². The van der Waals surface area contributed by atoms with E-state index in [4.69, 9.17) is 4.52 Å². The minimum Gasteiger partial charge on any atom is -0.361 e. The van der Waals surface area contributed by atoms with Crippen molar-refractivity contribution in [2.75, 3.05) is 20.1 Å². The summed E-state index contributed by atoms with van der Waals surface area (Å²) in [6.07, 6.45) is 3.15. The Morgan fingerprint density at radius 1 is 1.29 bits per heavy atom. The normalized spacial score (nSPS) is 16.6. The van der Waals surface area contributed by atoms with Crippen molar-refractivity contribution >= 4 is 11.8 Å². The summed E-state index contributed by atoms with van der Waals surface area (Å²) < 4.78 is 5.43. The van der Waals surface area contributed by atoms with Gasteiger partial charge in [0.15, 0.2) is 0 Å². The molecule has 6 nitrogen and oxygen atoms in total. The second-order valence-corrected chi connectivity index (χ2v) is 7.75. The van der Waals surface area contributed by atoms with E-state index in [0.717, 1.165) is 42.7 Å². The van der Waals surface area contributed by atoms with Crippen LogP contribution in [-0.4, -0.2) is 52.9 Å². The summed E-state index contributed by atoms with van der Waals surface area (Å²) in [6, 6.07) is 11.6. The Balaban J connectivity index is 1.50. The molecule has 1 aromatic heterocycles. The summed E-state index contributed by atoms with van der Waals surface area (Å²) >= 11 is 0. The fourth-order valence-electron chi connectivity index (χ4n) is 3.65. The zero-order valence-corrected chi connectivity index (χ0v) is 16.9. The largest absolute Gasteiger partial charge is 0.361 e. The molecule has 0 spiro atoms. The molecule has 6 heteroatoms. The van der Waals surface area contributed by atoms with Crippen LogP contribution in [0.15, 0.2) is 40.9 Å². The maximum absolute atomic E-state index is 12.8. The lowest BCUT2D eigenvalue weighted by Crippen LogP contribution is -2.48. The van der Waals surface area contributed by atoms with Crippen LogP contribution in [0.25, 0.3) is 11.3 Å². The van der Waals surface area contributed by atoms with Gasteiger partial charge in [0, 0.05) is 44.1 Å². The first kappa shape index (κ1) is 20.1. The number of likely N-dealkylation sites (N-methyl/N-ethyl adjacent to an activating group) is 1. The van der Waals surface area contributed by atoms with Crippen molar-refractivity contribution in [2.24, 2.45) is 5.92 Å². The molecule has 1 aromatic carbocycles. The number of carbonyl (C=O) groups is 2. The first-order valence-electron chi connectivity index (χ1n) is 10.0. The van der Waals surface area contributed by atoms with Gasteiger partial charge in [-0.2, -0.15) is 0 Å². The highest BCUT2D eigenvalue weighted by Crippen LogP contribution is 2.22. The molecule has 150 valence electrons. The maximum atomic E-state index is 12.8. The lowest BCUT2D eigenvalue weighted by atomic mass is 10.1. The average Bonchev–Trinajstić information content (AvgIpc) is 3.37. The molecule has 1 unspecified atom stereocenters. The summed E-state index contributed by atoms with van der Waals surface area (Å²) in [4.78, 5) is 28.6. The van der Waals surface area contributed by atoms with Gasteiger partial charge in [-0.1, -0.05) is 49.3 Å². The Morgan fingerprint density at radius 2 is 2.04 bits per heavy atom. The molecule has 0 aliphatic carbocycles. The molecule has 1 saturated heterocycles. The quantitative estimate of drug-likeness (QED) is 0.735. The third-order valence-corrected chi connectivity index (χ3v) is 5.24. The maximum Gasteiger partial charge on any atom is 0.245 e. The molecule has 2 aromatic rings. The first-order chi connectivity index (χ1) is 13.5.